The highest BCUT2D eigenvalue weighted by Gasteiger charge is 2.13. The van der Waals surface area contributed by atoms with Crippen LogP contribution in [0.4, 0.5) is 0 Å². The van der Waals surface area contributed by atoms with E-state index < -0.39 is 17.0 Å². The number of fused-ring (bicyclic) bond motifs is 3. The number of hydrogen-bond acceptors (Lipinski definition) is 3. The van der Waals surface area contributed by atoms with Crippen molar-refractivity contribution in [2.75, 3.05) is 6.54 Å². The van der Waals surface area contributed by atoms with Crippen molar-refractivity contribution in [3.05, 3.63) is 59.9 Å². The number of rotatable bonds is 5. The van der Waals surface area contributed by atoms with Crippen LogP contribution < -0.4 is 4.72 Å². The van der Waals surface area contributed by atoms with Crippen LogP contribution in [-0.4, -0.2) is 26.4 Å². The fourth-order valence-electron chi connectivity index (χ4n) is 3.29. The van der Waals surface area contributed by atoms with Gasteiger partial charge in [0.1, 0.15) is 28.7 Å². The fourth-order valence-corrected chi connectivity index (χ4v) is 4.12. The first-order chi connectivity index (χ1) is 12.9. The largest absolute Gasteiger partial charge is 0.480 e. The molecule has 0 fully saturated rings. The van der Waals surface area contributed by atoms with Crippen LogP contribution in [0.5, 0.6) is 0 Å². The zero-order valence-corrected chi connectivity index (χ0v) is 15.7. The number of carboxylic acid groups (broad SMARTS) is 1. The SMILES string of the molecule is Cc1ccc(C)n1-c1ccc2c(c1)oc1ccc(S(=O)NCC(=O)O)cc12. The van der Waals surface area contributed by atoms with Gasteiger partial charge >= 0.3 is 5.97 Å². The second kappa shape index (κ2) is 6.68. The number of carbonyl (C=O) groups is 1. The van der Waals surface area contributed by atoms with Gasteiger partial charge in [-0.1, -0.05) is 0 Å². The molecule has 0 aliphatic heterocycles. The van der Waals surface area contributed by atoms with E-state index in [9.17, 15) is 9.00 Å². The number of aromatic nitrogens is 1. The molecule has 6 nitrogen and oxygen atoms in total. The van der Waals surface area contributed by atoms with Crippen molar-refractivity contribution in [3.8, 4) is 5.69 Å². The first-order valence-electron chi connectivity index (χ1n) is 8.43. The molecule has 0 radical (unpaired) electrons. The molecule has 4 aromatic rings. The van der Waals surface area contributed by atoms with Crippen molar-refractivity contribution in [2.45, 2.75) is 18.7 Å². The molecule has 4 rings (SSSR count). The molecule has 1 unspecified atom stereocenters. The van der Waals surface area contributed by atoms with E-state index >= 15 is 0 Å². The van der Waals surface area contributed by atoms with Gasteiger partial charge in [-0.3, -0.25) is 4.79 Å². The van der Waals surface area contributed by atoms with Gasteiger partial charge in [0, 0.05) is 33.9 Å². The van der Waals surface area contributed by atoms with Crippen LogP contribution in [0.2, 0.25) is 0 Å². The van der Waals surface area contributed by atoms with E-state index in [0.717, 1.165) is 33.4 Å². The molecule has 0 spiro atoms. The third-order valence-corrected chi connectivity index (χ3v) is 5.61. The van der Waals surface area contributed by atoms with Crippen molar-refractivity contribution in [2.24, 2.45) is 0 Å². The number of nitrogens with one attached hydrogen (secondary N) is 1. The van der Waals surface area contributed by atoms with E-state index in [-0.39, 0.29) is 6.54 Å². The van der Waals surface area contributed by atoms with Gasteiger partial charge in [0.25, 0.3) is 0 Å². The van der Waals surface area contributed by atoms with Gasteiger partial charge in [-0.15, -0.1) is 0 Å². The Morgan fingerprint density at radius 2 is 1.78 bits per heavy atom. The molecular weight excluding hydrogens is 364 g/mol. The van der Waals surface area contributed by atoms with Gasteiger partial charge in [-0.05, 0) is 56.3 Å². The van der Waals surface area contributed by atoms with Crippen LogP contribution in [0.1, 0.15) is 11.4 Å². The lowest BCUT2D eigenvalue weighted by Crippen LogP contribution is -2.24. The summed E-state index contributed by atoms with van der Waals surface area (Å²) in [4.78, 5) is 11.2. The molecule has 0 bridgehead atoms. The Morgan fingerprint density at radius 3 is 2.48 bits per heavy atom. The molecule has 7 heteroatoms. The Balaban J connectivity index is 1.78. The Morgan fingerprint density at radius 1 is 1.04 bits per heavy atom. The second-order valence-electron chi connectivity index (χ2n) is 6.38. The van der Waals surface area contributed by atoms with E-state index in [2.05, 4.69) is 35.3 Å². The Labute approximate surface area is 158 Å². The topological polar surface area (TPSA) is 84.5 Å². The molecule has 1 atom stereocenters. The molecule has 2 aromatic heterocycles. The van der Waals surface area contributed by atoms with Gasteiger partial charge in [0.05, 0.1) is 4.90 Å². The standard InChI is InChI=1S/C20H18N2O4S/c1-12-3-4-13(2)22(12)14-5-7-16-17-10-15(27(25)21-11-20(23)24)6-8-18(17)26-19(16)9-14/h3-10,21H,11H2,1-2H3,(H,23,24). The Kier molecular flexibility index (Phi) is 4.33. The fraction of sp³-hybridized carbons (Fsp3) is 0.150. The van der Waals surface area contributed by atoms with E-state index in [1.54, 1.807) is 18.2 Å². The van der Waals surface area contributed by atoms with Crippen molar-refractivity contribution in [3.63, 3.8) is 0 Å². The molecule has 2 heterocycles. The molecule has 0 amide bonds. The quantitative estimate of drug-likeness (QED) is 0.551. The first-order valence-corrected chi connectivity index (χ1v) is 9.58. The number of hydrogen-bond donors (Lipinski definition) is 2. The lowest BCUT2D eigenvalue weighted by atomic mass is 10.1. The van der Waals surface area contributed by atoms with E-state index in [4.69, 9.17) is 9.52 Å². The Bertz CT molecular complexity index is 1190. The van der Waals surface area contributed by atoms with Crippen LogP contribution >= 0.6 is 0 Å². The monoisotopic (exact) mass is 382 g/mol. The summed E-state index contributed by atoms with van der Waals surface area (Å²) in [7, 11) is -1.60. The molecule has 2 N–H and O–H groups in total. The van der Waals surface area contributed by atoms with E-state index in [0.29, 0.717) is 10.5 Å². The highest BCUT2D eigenvalue weighted by Crippen LogP contribution is 2.32. The minimum Gasteiger partial charge on any atom is -0.480 e. The summed E-state index contributed by atoms with van der Waals surface area (Å²) in [6.45, 7) is 3.75. The van der Waals surface area contributed by atoms with Gasteiger partial charge in [-0.2, -0.15) is 0 Å². The molecule has 138 valence electrons. The van der Waals surface area contributed by atoms with Crippen LogP contribution in [0.25, 0.3) is 27.6 Å². The predicted molar refractivity (Wildman–Crippen MR) is 105 cm³/mol. The minimum absolute atomic E-state index is 0.365. The number of aryl methyl sites for hydroxylation is 2. The van der Waals surface area contributed by atoms with Crippen LogP contribution in [-0.2, 0) is 15.8 Å². The number of benzene rings is 2. The highest BCUT2D eigenvalue weighted by atomic mass is 32.2. The van der Waals surface area contributed by atoms with Gasteiger partial charge in [0.2, 0.25) is 0 Å². The maximum Gasteiger partial charge on any atom is 0.318 e. The summed E-state index contributed by atoms with van der Waals surface area (Å²) in [5, 5.41) is 10.5. The number of aliphatic carboxylic acids is 1. The van der Waals surface area contributed by atoms with Crippen LogP contribution in [0.3, 0.4) is 0 Å². The molecule has 0 aliphatic rings. The lowest BCUT2D eigenvalue weighted by molar-refractivity contribution is -0.135. The predicted octanol–water partition coefficient (Wildman–Crippen LogP) is 3.69. The van der Waals surface area contributed by atoms with E-state index in [1.807, 2.05) is 18.2 Å². The molecular formula is C20H18N2O4S. The molecule has 2 aromatic carbocycles. The number of nitrogens with zero attached hydrogens (tertiary/aromatic N) is 1. The molecule has 0 saturated carbocycles. The Hall–Kier alpha value is -2.90. The van der Waals surface area contributed by atoms with Crippen LogP contribution in [0, 0.1) is 13.8 Å². The zero-order chi connectivity index (χ0) is 19.1. The summed E-state index contributed by atoms with van der Waals surface area (Å²) < 4.78 is 22.9. The summed E-state index contributed by atoms with van der Waals surface area (Å²) >= 11 is 0. The average Bonchev–Trinajstić information content (AvgIpc) is 3.17. The second-order valence-corrected chi connectivity index (χ2v) is 7.67. The lowest BCUT2D eigenvalue weighted by Gasteiger charge is -2.09. The third-order valence-electron chi connectivity index (χ3n) is 4.52. The van der Waals surface area contributed by atoms with Crippen molar-refractivity contribution >= 4 is 38.9 Å². The van der Waals surface area contributed by atoms with Crippen molar-refractivity contribution < 1.29 is 18.5 Å². The zero-order valence-electron chi connectivity index (χ0n) is 14.9. The maximum atomic E-state index is 12.2. The molecule has 27 heavy (non-hydrogen) atoms. The normalized spacial score (nSPS) is 12.7. The number of carboxylic acids is 1. The van der Waals surface area contributed by atoms with Gasteiger partial charge in [-0.25, -0.2) is 8.93 Å². The minimum atomic E-state index is -1.60. The summed E-state index contributed by atoms with van der Waals surface area (Å²) in [5.74, 6) is -1.05. The van der Waals surface area contributed by atoms with Gasteiger partial charge in [0.15, 0.2) is 0 Å². The highest BCUT2D eigenvalue weighted by molar-refractivity contribution is 7.83. The summed E-state index contributed by atoms with van der Waals surface area (Å²) in [6, 6.07) is 15.4. The van der Waals surface area contributed by atoms with E-state index in [1.165, 1.54) is 0 Å². The summed E-state index contributed by atoms with van der Waals surface area (Å²) in [6.07, 6.45) is 0. The van der Waals surface area contributed by atoms with Crippen LogP contribution in [0.15, 0.2) is 57.8 Å². The summed E-state index contributed by atoms with van der Waals surface area (Å²) in [5.41, 5.74) is 4.75. The van der Waals surface area contributed by atoms with Crippen molar-refractivity contribution in [1.29, 1.82) is 0 Å². The average molecular weight is 382 g/mol. The maximum absolute atomic E-state index is 12.2. The number of furan rings is 1. The van der Waals surface area contributed by atoms with Crippen molar-refractivity contribution in [1.82, 2.24) is 9.29 Å². The van der Waals surface area contributed by atoms with Gasteiger partial charge < -0.3 is 14.1 Å². The molecule has 0 saturated heterocycles. The smallest absolute Gasteiger partial charge is 0.318 e. The first kappa shape index (κ1) is 17.5. The third kappa shape index (κ3) is 3.15. The molecule has 0 aliphatic carbocycles.